The van der Waals surface area contributed by atoms with E-state index in [9.17, 15) is 0 Å². The molecule has 0 fully saturated rings. The van der Waals surface area contributed by atoms with Crippen LogP contribution in [0, 0.1) is 17.9 Å². The number of hydrogen-bond acceptors (Lipinski definition) is 0. The van der Waals surface area contributed by atoms with Gasteiger partial charge in [-0.15, -0.1) is 0 Å². The molecular weight excluding hydrogens is 192 g/mol. The lowest BCUT2D eigenvalue weighted by atomic mass is 9.94. The van der Waals surface area contributed by atoms with Gasteiger partial charge in [0.25, 0.3) is 0 Å². The van der Waals surface area contributed by atoms with Crippen LogP contribution in [0.15, 0.2) is 24.3 Å². The highest BCUT2D eigenvalue weighted by Gasteiger charge is 2.03. The second kappa shape index (κ2) is 7.49. The summed E-state index contributed by atoms with van der Waals surface area (Å²) in [4.78, 5) is 0. The third-order valence-corrected chi connectivity index (χ3v) is 3.16. The molecule has 0 bridgehead atoms. The van der Waals surface area contributed by atoms with Crippen molar-refractivity contribution in [3.8, 4) is 0 Å². The Morgan fingerprint density at radius 3 is 2.50 bits per heavy atom. The van der Waals surface area contributed by atoms with Gasteiger partial charge in [0.15, 0.2) is 0 Å². The molecule has 0 nitrogen and oxygen atoms in total. The molecule has 0 spiro atoms. The van der Waals surface area contributed by atoms with E-state index >= 15 is 0 Å². The molecule has 0 N–H and O–H groups in total. The van der Waals surface area contributed by atoms with Crippen LogP contribution < -0.4 is 0 Å². The van der Waals surface area contributed by atoms with Crippen LogP contribution in [-0.4, -0.2) is 0 Å². The molecule has 1 aromatic rings. The number of rotatable bonds is 7. The summed E-state index contributed by atoms with van der Waals surface area (Å²) in [5, 5.41) is 0. The SMILES string of the molecule is CC(C)CCCC(C)CCc1[c]cccc1. The molecule has 0 aromatic heterocycles. The molecule has 0 amide bonds. The third-order valence-electron chi connectivity index (χ3n) is 3.16. The van der Waals surface area contributed by atoms with E-state index in [2.05, 4.69) is 39.0 Å². The van der Waals surface area contributed by atoms with Gasteiger partial charge >= 0.3 is 0 Å². The standard InChI is InChI=1S/C16H25/c1-14(2)8-7-9-15(3)12-13-16-10-5-4-6-11-16/h4-6,10,14-15H,7-9,12-13H2,1-3H3. The van der Waals surface area contributed by atoms with Gasteiger partial charge in [0.1, 0.15) is 0 Å². The first-order chi connectivity index (χ1) is 7.68. The molecule has 0 aliphatic carbocycles. The van der Waals surface area contributed by atoms with Crippen molar-refractivity contribution in [2.24, 2.45) is 11.8 Å². The van der Waals surface area contributed by atoms with Crippen LogP contribution in [0.2, 0.25) is 0 Å². The number of benzene rings is 1. The van der Waals surface area contributed by atoms with Crippen LogP contribution in [0.25, 0.3) is 0 Å². The van der Waals surface area contributed by atoms with Gasteiger partial charge in [0.05, 0.1) is 0 Å². The summed E-state index contributed by atoms with van der Waals surface area (Å²) in [5.74, 6) is 1.71. The van der Waals surface area contributed by atoms with Gasteiger partial charge in [-0.1, -0.05) is 64.3 Å². The molecule has 0 aliphatic rings. The minimum atomic E-state index is 0.854. The minimum absolute atomic E-state index is 0.854. The summed E-state index contributed by atoms with van der Waals surface area (Å²) in [6.07, 6.45) is 6.63. The fourth-order valence-corrected chi connectivity index (χ4v) is 2.01. The molecule has 1 rings (SSSR count). The molecule has 89 valence electrons. The highest BCUT2D eigenvalue weighted by molar-refractivity contribution is 5.12. The fourth-order valence-electron chi connectivity index (χ4n) is 2.01. The first-order valence-corrected chi connectivity index (χ1v) is 6.64. The van der Waals surface area contributed by atoms with E-state index in [4.69, 9.17) is 0 Å². The predicted octanol–water partition coefficient (Wildman–Crippen LogP) is 4.88. The number of aryl methyl sites for hydroxylation is 1. The summed E-state index contributed by atoms with van der Waals surface area (Å²) in [6, 6.07) is 11.6. The van der Waals surface area contributed by atoms with Crippen molar-refractivity contribution in [3.63, 3.8) is 0 Å². The molecule has 0 saturated heterocycles. The Morgan fingerprint density at radius 2 is 1.88 bits per heavy atom. The van der Waals surface area contributed by atoms with Crippen molar-refractivity contribution in [2.45, 2.75) is 52.9 Å². The van der Waals surface area contributed by atoms with Crippen molar-refractivity contribution in [2.75, 3.05) is 0 Å². The monoisotopic (exact) mass is 217 g/mol. The van der Waals surface area contributed by atoms with Crippen molar-refractivity contribution in [3.05, 3.63) is 35.9 Å². The minimum Gasteiger partial charge on any atom is -0.0628 e. The Hall–Kier alpha value is -0.780. The fraction of sp³-hybridized carbons (Fsp3) is 0.625. The molecular formula is C16H25. The van der Waals surface area contributed by atoms with Crippen LogP contribution in [0.4, 0.5) is 0 Å². The topological polar surface area (TPSA) is 0 Å². The highest BCUT2D eigenvalue weighted by Crippen LogP contribution is 2.17. The molecule has 1 radical (unpaired) electrons. The van der Waals surface area contributed by atoms with Crippen LogP contribution in [0.3, 0.4) is 0 Å². The third kappa shape index (κ3) is 5.95. The first-order valence-electron chi connectivity index (χ1n) is 6.64. The smallest absolute Gasteiger partial charge is 0.0149 e. The summed E-state index contributed by atoms with van der Waals surface area (Å²) >= 11 is 0. The normalized spacial score (nSPS) is 13.0. The van der Waals surface area contributed by atoms with Gasteiger partial charge in [-0.25, -0.2) is 0 Å². The predicted molar refractivity (Wildman–Crippen MR) is 71.5 cm³/mol. The molecule has 0 heterocycles. The lowest BCUT2D eigenvalue weighted by Gasteiger charge is -2.12. The molecule has 0 aliphatic heterocycles. The Labute approximate surface area is 101 Å². The van der Waals surface area contributed by atoms with Crippen LogP contribution in [0.5, 0.6) is 0 Å². The Balaban J connectivity index is 2.13. The number of hydrogen-bond donors (Lipinski definition) is 0. The van der Waals surface area contributed by atoms with Gasteiger partial charge in [-0.3, -0.25) is 0 Å². The zero-order valence-corrected chi connectivity index (χ0v) is 11.0. The van der Waals surface area contributed by atoms with Gasteiger partial charge in [0, 0.05) is 0 Å². The van der Waals surface area contributed by atoms with Crippen LogP contribution in [0.1, 0.15) is 52.0 Å². The maximum Gasteiger partial charge on any atom is -0.0149 e. The van der Waals surface area contributed by atoms with E-state index in [1.807, 2.05) is 12.1 Å². The van der Waals surface area contributed by atoms with Crippen molar-refractivity contribution in [1.29, 1.82) is 0 Å². The second-order valence-corrected chi connectivity index (χ2v) is 5.36. The average Bonchev–Trinajstić information content (AvgIpc) is 2.27. The van der Waals surface area contributed by atoms with Crippen molar-refractivity contribution in [1.82, 2.24) is 0 Å². The molecule has 1 aromatic carbocycles. The van der Waals surface area contributed by atoms with Gasteiger partial charge in [0.2, 0.25) is 0 Å². The average molecular weight is 217 g/mol. The first kappa shape index (κ1) is 13.3. The summed E-state index contributed by atoms with van der Waals surface area (Å²) in [7, 11) is 0. The van der Waals surface area contributed by atoms with E-state index in [0.717, 1.165) is 11.8 Å². The Kier molecular flexibility index (Phi) is 6.22. The molecule has 0 saturated carbocycles. The molecule has 1 unspecified atom stereocenters. The lowest BCUT2D eigenvalue weighted by molar-refractivity contribution is 0.437. The van der Waals surface area contributed by atoms with Crippen LogP contribution >= 0.6 is 0 Å². The van der Waals surface area contributed by atoms with Crippen molar-refractivity contribution >= 4 is 0 Å². The van der Waals surface area contributed by atoms with E-state index in [-0.39, 0.29) is 0 Å². The van der Waals surface area contributed by atoms with Gasteiger partial charge < -0.3 is 0 Å². The Morgan fingerprint density at radius 1 is 1.06 bits per heavy atom. The van der Waals surface area contributed by atoms with Crippen molar-refractivity contribution < 1.29 is 0 Å². The van der Waals surface area contributed by atoms with E-state index in [1.54, 1.807) is 0 Å². The highest BCUT2D eigenvalue weighted by atomic mass is 14.1. The van der Waals surface area contributed by atoms with E-state index in [0.29, 0.717) is 0 Å². The maximum absolute atomic E-state index is 3.30. The Bertz CT molecular complexity index is 261. The zero-order chi connectivity index (χ0) is 11.8. The van der Waals surface area contributed by atoms with Crippen LogP contribution in [-0.2, 0) is 6.42 Å². The summed E-state index contributed by atoms with van der Waals surface area (Å²) in [5.41, 5.74) is 1.36. The largest absolute Gasteiger partial charge is 0.0628 e. The molecule has 0 heteroatoms. The molecule has 16 heavy (non-hydrogen) atoms. The summed E-state index contributed by atoms with van der Waals surface area (Å²) in [6.45, 7) is 7.00. The quantitative estimate of drug-likeness (QED) is 0.610. The molecule has 1 atom stereocenters. The van der Waals surface area contributed by atoms with Gasteiger partial charge in [-0.2, -0.15) is 0 Å². The lowest BCUT2D eigenvalue weighted by Crippen LogP contribution is -1.99. The van der Waals surface area contributed by atoms with E-state index < -0.39 is 0 Å². The maximum atomic E-state index is 3.30. The summed E-state index contributed by atoms with van der Waals surface area (Å²) < 4.78 is 0. The van der Waals surface area contributed by atoms with E-state index in [1.165, 1.54) is 37.7 Å². The zero-order valence-electron chi connectivity index (χ0n) is 11.0. The second-order valence-electron chi connectivity index (χ2n) is 5.36. The van der Waals surface area contributed by atoms with Gasteiger partial charge in [-0.05, 0) is 36.3 Å².